The van der Waals surface area contributed by atoms with Crippen molar-refractivity contribution in [1.82, 2.24) is 20.0 Å². The van der Waals surface area contributed by atoms with Crippen molar-refractivity contribution >= 4 is 17.6 Å². The Labute approximate surface area is 182 Å². The molecular weight excluding hydrogens is 390 g/mol. The standard InChI is InChI=1S/C24H27N5O2/c1-18-8-7-11-21(22(18)23(30)28-15-5-6-16-28)26-24(31)25-14-12-19-13-17-29(27-19)20-9-3-2-4-10-20/h2-4,7-11,13,17H,5-6,12,14-16H2,1H3,(H2,25,26,31). The second-order valence-electron chi connectivity index (χ2n) is 7.71. The van der Waals surface area contributed by atoms with Crippen molar-refractivity contribution in [2.45, 2.75) is 26.2 Å². The number of rotatable bonds is 6. The maximum absolute atomic E-state index is 12.9. The predicted molar refractivity (Wildman–Crippen MR) is 121 cm³/mol. The van der Waals surface area contributed by atoms with Gasteiger partial charge in [-0.25, -0.2) is 9.48 Å². The van der Waals surface area contributed by atoms with Gasteiger partial charge in [0.15, 0.2) is 0 Å². The van der Waals surface area contributed by atoms with Gasteiger partial charge in [-0.3, -0.25) is 4.79 Å². The van der Waals surface area contributed by atoms with Gasteiger partial charge in [-0.15, -0.1) is 0 Å². The fourth-order valence-corrected chi connectivity index (χ4v) is 3.82. The highest BCUT2D eigenvalue weighted by Crippen LogP contribution is 2.23. The molecule has 7 nitrogen and oxygen atoms in total. The zero-order chi connectivity index (χ0) is 21.6. The van der Waals surface area contributed by atoms with Crippen LogP contribution in [-0.4, -0.2) is 46.3 Å². The first-order chi connectivity index (χ1) is 15.1. The molecule has 31 heavy (non-hydrogen) atoms. The van der Waals surface area contributed by atoms with Crippen molar-refractivity contribution in [3.05, 3.63) is 77.6 Å². The first-order valence-electron chi connectivity index (χ1n) is 10.7. The van der Waals surface area contributed by atoms with E-state index in [9.17, 15) is 9.59 Å². The number of carbonyl (C=O) groups excluding carboxylic acids is 2. The first-order valence-corrected chi connectivity index (χ1v) is 10.7. The van der Waals surface area contributed by atoms with Crippen LogP contribution in [0.2, 0.25) is 0 Å². The van der Waals surface area contributed by atoms with Crippen LogP contribution >= 0.6 is 0 Å². The van der Waals surface area contributed by atoms with E-state index in [0.29, 0.717) is 24.2 Å². The summed E-state index contributed by atoms with van der Waals surface area (Å²) in [6, 6.07) is 17.0. The van der Waals surface area contributed by atoms with Gasteiger partial charge in [0, 0.05) is 32.3 Å². The third kappa shape index (κ3) is 4.94. The van der Waals surface area contributed by atoms with E-state index in [1.807, 2.05) is 71.2 Å². The minimum absolute atomic E-state index is 0.0163. The molecule has 0 unspecified atom stereocenters. The van der Waals surface area contributed by atoms with Crippen LogP contribution < -0.4 is 10.6 Å². The number of aryl methyl sites for hydroxylation is 1. The lowest BCUT2D eigenvalue weighted by Gasteiger charge is -2.19. The van der Waals surface area contributed by atoms with Crippen LogP contribution in [0, 0.1) is 6.92 Å². The lowest BCUT2D eigenvalue weighted by Crippen LogP contribution is -2.33. The summed E-state index contributed by atoms with van der Waals surface area (Å²) in [7, 11) is 0. The lowest BCUT2D eigenvalue weighted by molar-refractivity contribution is 0.0793. The highest BCUT2D eigenvalue weighted by molar-refractivity contribution is 6.04. The molecule has 1 saturated heterocycles. The summed E-state index contributed by atoms with van der Waals surface area (Å²) in [5.74, 6) is -0.0163. The molecule has 0 aliphatic carbocycles. The Kier molecular flexibility index (Phi) is 6.31. The SMILES string of the molecule is Cc1cccc(NC(=O)NCCc2ccn(-c3ccccc3)n2)c1C(=O)N1CCCC1. The van der Waals surface area contributed by atoms with Crippen LogP contribution in [0.5, 0.6) is 0 Å². The summed E-state index contributed by atoms with van der Waals surface area (Å²) >= 11 is 0. The predicted octanol–water partition coefficient (Wildman–Crippen LogP) is 3.78. The van der Waals surface area contributed by atoms with E-state index < -0.39 is 0 Å². The van der Waals surface area contributed by atoms with Crippen LogP contribution in [0.1, 0.15) is 34.5 Å². The van der Waals surface area contributed by atoms with Gasteiger partial charge < -0.3 is 15.5 Å². The molecule has 160 valence electrons. The fourth-order valence-electron chi connectivity index (χ4n) is 3.82. The molecule has 0 saturated carbocycles. The quantitative estimate of drug-likeness (QED) is 0.641. The van der Waals surface area contributed by atoms with Crippen LogP contribution in [0.25, 0.3) is 5.69 Å². The molecule has 0 bridgehead atoms. The fraction of sp³-hybridized carbons (Fsp3) is 0.292. The second-order valence-corrected chi connectivity index (χ2v) is 7.71. The Morgan fingerprint density at radius 2 is 1.77 bits per heavy atom. The van der Waals surface area contributed by atoms with Gasteiger partial charge in [0.25, 0.3) is 5.91 Å². The number of carbonyl (C=O) groups is 2. The topological polar surface area (TPSA) is 79.3 Å². The number of para-hydroxylation sites is 1. The van der Waals surface area contributed by atoms with E-state index in [2.05, 4.69) is 15.7 Å². The van der Waals surface area contributed by atoms with Gasteiger partial charge in [0.05, 0.1) is 22.6 Å². The molecule has 3 amide bonds. The van der Waals surface area contributed by atoms with Crippen molar-refractivity contribution in [3.8, 4) is 5.69 Å². The smallest absolute Gasteiger partial charge is 0.319 e. The van der Waals surface area contributed by atoms with Gasteiger partial charge in [0.2, 0.25) is 0 Å². The summed E-state index contributed by atoms with van der Waals surface area (Å²) in [5, 5.41) is 10.3. The van der Waals surface area contributed by atoms with E-state index in [0.717, 1.165) is 42.9 Å². The molecule has 2 heterocycles. The largest absolute Gasteiger partial charge is 0.339 e. The zero-order valence-corrected chi connectivity index (χ0v) is 17.7. The molecule has 2 aromatic carbocycles. The molecule has 2 N–H and O–H groups in total. The molecule has 4 rings (SSSR count). The second kappa shape index (κ2) is 9.47. The maximum atomic E-state index is 12.9. The number of aromatic nitrogens is 2. The molecule has 3 aromatic rings. The highest BCUT2D eigenvalue weighted by atomic mass is 16.2. The van der Waals surface area contributed by atoms with Crippen LogP contribution in [0.15, 0.2) is 60.8 Å². The maximum Gasteiger partial charge on any atom is 0.319 e. The molecule has 0 atom stereocenters. The van der Waals surface area contributed by atoms with Crippen molar-refractivity contribution < 1.29 is 9.59 Å². The van der Waals surface area contributed by atoms with E-state index in [-0.39, 0.29) is 11.9 Å². The van der Waals surface area contributed by atoms with Gasteiger partial charge in [-0.1, -0.05) is 30.3 Å². The summed E-state index contributed by atoms with van der Waals surface area (Å²) < 4.78 is 1.82. The molecule has 0 radical (unpaired) electrons. The van der Waals surface area contributed by atoms with Crippen molar-refractivity contribution in [1.29, 1.82) is 0 Å². The first kappa shape index (κ1) is 20.7. The third-order valence-electron chi connectivity index (χ3n) is 5.46. The Hall–Kier alpha value is -3.61. The normalized spacial score (nSPS) is 13.3. The van der Waals surface area contributed by atoms with Gasteiger partial charge >= 0.3 is 6.03 Å². The number of hydrogen-bond donors (Lipinski definition) is 2. The third-order valence-corrected chi connectivity index (χ3v) is 5.46. The van der Waals surface area contributed by atoms with E-state index in [1.165, 1.54) is 0 Å². The van der Waals surface area contributed by atoms with E-state index in [4.69, 9.17) is 0 Å². The minimum Gasteiger partial charge on any atom is -0.339 e. The highest BCUT2D eigenvalue weighted by Gasteiger charge is 2.24. The monoisotopic (exact) mass is 417 g/mol. The van der Waals surface area contributed by atoms with Crippen LogP contribution in [0.4, 0.5) is 10.5 Å². The van der Waals surface area contributed by atoms with Gasteiger partial charge in [-0.05, 0) is 49.6 Å². The number of nitrogens with zero attached hydrogens (tertiary/aromatic N) is 3. The average molecular weight is 418 g/mol. The average Bonchev–Trinajstić information content (AvgIpc) is 3.47. The Morgan fingerprint density at radius 1 is 1.00 bits per heavy atom. The Balaban J connectivity index is 1.34. The van der Waals surface area contributed by atoms with Crippen molar-refractivity contribution in [3.63, 3.8) is 0 Å². The molecule has 1 aliphatic heterocycles. The minimum atomic E-state index is -0.330. The van der Waals surface area contributed by atoms with Crippen LogP contribution in [-0.2, 0) is 6.42 Å². The summed E-state index contributed by atoms with van der Waals surface area (Å²) in [6.07, 6.45) is 4.58. The van der Waals surface area contributed by atoms with E-state index >= 15 is 0 Å². The number of amides is 3. The Morgan fingerprint density at radius 3 is 2.55 bits per heavy atom. The van der Waals surface area contributed by atoms with Crippen molar-refractivity contribution in [2.75, 3.05) is 25.0 Å². The molecule has 7 heteroatoms. The van der Waals surface area contributed by atoms with Gasteiger partial charge in [-0.2, -0.15) is 5.10 Å². The summed E-state index contributed by atoms with van der Waals surface area (Å²) in [5.41, 5.74) is 3.86. The number of nitrogens with one attached hydrogen (secondary N) is 2. The lowest BCUT2D eigenvalue weighted by atomic mass is 10.1. The van der Waals surface area contributed by atoms with Gasteiger partial charge in [0.1, 0.15) is 0 Å². The van der Waals surface area contributed by atoms with Crippen molar-refractivity contribution in [2.24, 2.45) is 0 Å². The molecular formula is C24H27N5O2. The molecule has 0 spiro atoms. The number of benzene rings is 2. The number of likely N-dealkylation sites (tertiary alicyclic amines) is 1. The molecule has 1 fully saturated rings. The summed E-state index contributed by atoms with van der Waals surface area (Å²) in [6.45, 7) is 3.89. The number of urea groups is 1. The number of anilines is 1. The van der Waals surface area contributed by atoms with Crippen LogP contribution in [0.3, 0.4) is 0 Å². The Bertz CT molecular complexity index is 1050. The number of hydrogen-bond acceptors (Lipinski definition) is 3. The van der Waals surface area contributed by atoms with E-state index in [1.54, 1.807) is 6.07 Å². The molecule has 1 aliphatic rings. The summed E-state index contributed by atoms with van der Waals surface area (Å²) in [4.78, 5) is 27.3. The molecule has 1 aromatic heterocycles. The zero-order valence-electron chi connectivity index (χ0n) is 17.7.